The second kappa shape index (κ2) is 17.9. The fraction of sp³-hybridized carbons (Fsp3) is 0.444. The second-order valence-electron chi connectivity index (χ2n) is 17.1. The number of benzene rings is 2. The van der Waals surface area contributed by atoms with E-state index in [1.54, 1.807) is 35.0 Å². The Kier molecular flexibility index (Phi) is 12.0. The molecule has 4 N–H and O–H groups in total. The van der Waals surface area contributed by atoms with Gasteiger partial charge in [-0.05, 0) is 93.7 Å². The Morgan fingerprint density at radius 2 is 1.70 bits per heavy atom. The average Bonchev–Trinajstić information content (AvgIpc) is 4.11. The number of halogens is 1. The van der Waals surface area contributed by atoms with Crippen molar-refractivity contribution < 1.29 is 33.5 Å². The molecule has 1 atom stereocenters. The molecule has 4 fully saturated rings. The van der Waals surface area contributed by atoms with Crippen molar-refractivity contribution in [3.63, 3.8) is 0 Å². The van der Waals surface area contributed by atoms with E-state index in [1.807, 2.05) is 23.1 Å². The first-order valence-electron chi connectivity index (χ1n) is 21.9. The largest absolute Gasteiger partial charge is 0.478 e. The fourth-order valence-electron chi connectivity index (χ4n) is 9.25. The number of likely N-dealkylation sites (N-methyl/N-ethyl adjacent to an activating group) is 1. The first-order valence-corrected chi connectivity index (χ1v) is 22.3. The van der Waals surface area contributed by atoms with Gasteiger partial charge in [0.2, 0.25) is 23.7 Å². The van der Waals surface area contributed by atoms with Crippen molar-refractivity contribution in [1.82, 2.24) is 35.0 Å². The van der Waals surface area contributed by atoms with Crippen LogP contribution in [0, 0.1) is 11.8 Å². The third kappa shape index (κ3) is 8.57. The molecule has 334 valence electrons. The number of likely N-dealkylation sites (tertiary alicyclic amines) is 1. The molecule has 9 rings (SSSR count). The summed E-state index contributed by atoms with van der Waals surface area (Å²) in [6.45, 7) is 2.86. The summed E-state index contributed by atoms with van der Waals surface area (Å²) in [5.41, 5.74) is 2.21. The molecular weight excluding hydrogens is 844 g/mol. The minimum Gasteiger partial charge on any atom is -0.478 e. The number of fused-ring (bicyclic) bond motifs is 2. The normalized spacial score (nSPS) is 19.5. The predicted octanol–water partition coefficient (Wildman–Crippen LogP) is 4.01. The van der Waals surface area contributed by atoms with E-state index in [0.717, 1.165) is 47.9 Å². The summed E-state index contributed by atoms with van der Waals surface area (Å²) in [4.78, 5) is 104. The van der Waals surface area contributed by atoms with Crippen molar-refractivity contribution in [2.45, 2.75) is 69.9 Å². The molecule has 4 aliphatic heterocycles. The Balaban J connectivity index is 0.759. The van der Waals surface area contributed by atoms with Gasteiger partial charge in [0.05, 0.1) is 22.8 Å². The zero-order chi connectivity index (χ0) is 44.6. The van der Waals surface area contributed by atoms with Crippen molar-refractivity contribution in [2.24, 2.45) is 11.8 Å². The lowest BCUT2D eigenvalue weighted by Gasteiger charge is -2.37. The van der Waals surface area contributed by atoms with Crippen LogP contribution in [0.5, 0.6) is 5.75 Å². The Hall–Kier alpha value is -6.56. The number of anilines is 4. The molecule has 5 aliphatic rings. The summed E-state index contributed by atoms with van der Waals surface area (Å²) in [6.07, 6.45) is 7.38. The highest BCUT2D eigenvalue weighted by Crippen LogP contribution is 2.38. The maximum Gasteiger partial charge on any atom is 0.293 e. The highest BCUT2D eigenvalue weighted by atomic mass is 35.5. The van der Waals surface area contributed by atoms with Crippen molar-refractivity contribution in [3.05, 3.63) is 75.2 Å². The molecule has 4 aromatic rings. The van der Waals surface area contributed by atoms with E-state index in [2.05, 4.69) is 31.2 Å². The van der Waals surface area contributed by atoms with Crippen LogP contribution in [0.25, 0.3) is 10.9 Å². The second-order valence-corrected chi connectivity index (χ2v) is 17.5. The average molecular weight is 893 g/mol. The molecule has 18 nitrogen and oxygen atoms in total. The number of nitrogens with one attached hydrogen (secondary N) is 4. The molecule has 6 heterocycles. The monoisotopic (exact) mass is 892 g/mol. The van der Waals surface area contributed by atoms with E-state index in [-0.39, 0.29) is 65.7 Å². The molecular formula is C45H49ClN10O8. The SMILES string of the molecule is CNC(=O)COc1cc2cc(Nc3nc(N4CCC(C(=O)N5CCC(CCNc6cccc7c6C(=O)N(C6CCC(=O)NC6=O)C7=O)CC5)CC4)ncc3Cl)ccc2n(C2CC2)c1=O. The first kappa shape index (κ1) is 42.7. The maximum absolute atomic E-state index is 13.7. The van der Waals surface area contributed by atoms with Gasteiger partial charge >= 0.3 is 0 Å². The number of piperidine rings is 3. The van der Waals surface area contributed by atoms with Crippen molar-refractivity contribution in [1.29, 1.82) is 0 Å². The lowest BCUT2D eigenvalue weighted by atomic mass is 9.90. The zero-order valence-electron chi connectivity index (χ0n) is 35.4. The van der Waals surface area contributed by atoms with Gasteiger partial charge in [-0.3, -0.25) is 43.8 Å². The number of carbonyl (C=O) groups is 6. The smallest absolute Gasteiger partial charge is 0.293 e. The van der Waals surface area contributed by atoms with E-state index in [1.165, 1.54) is 7.05 Å². The molecule has 0 bridgehead atoms. The van der Waals surface area contributed by atoms with Crippen LogP contribution < -0.4 is 36.5 Å². The molecule has 2 aromatic heterocycles. The summed E-state index contributed by atoms with van der Waals surface area (Å²) >= 11 is 6.59. The van der Waals surface area contributed by atoms with Crippen molar-refractivity contribution >= 4 is 81.1 Å². The molecule has 3 saturated heterocycles. The number of hydrogen-bond donors (Lipinski definition) is 4. The molecule has 2 aromatic carbocycles. The van der Waals surface area contributed by atoms with E-state index in [0.29, 0.717) is 79.6 Å². The van der Waals surface area contributed by atoms with E-state index in [4.69, 9.17) is 21.3 Å². The molecule has 1 aliphatic carbocycles. The third-order valence-corrected chi connectivity index (χ3v) is 13.2. The summed E-state index contributed by atoms with van der Waals surface area (Å²) in [5, 5.41) is 12.5. The van der Waals surface area contributed by atoms with Gasteiger partial charge in [0, 0.05) is 74.9 Å². The van der Waals surface area contributed by atoms with Crippen LogP contribution >= 0.6 is 11.6 Å². The molecule has 1 unspecified atom stereocenters. The summed E-state index contributed by atoms with van der Waals surface area (Å²) in [5.74, 6) is -0.993. The predicted molar refractivity (Wildman–Crippen MR) is 237 cm³/mol. The molecule has 64 heavy (non-hydrogen) atoms. The minimum absolute atomic E-state index is 0.0604. The van der Waals surface area contributed by atoms with Crippen LogP contribution in [0.3, 0.4) is 0 Å². The van der Waals surface area contributed by atoms with Gasteiger partial charge in [-0.2, -0.15) is 4.98 Å². The van der Waals surface area contributed by atoms with Gasteiger partial charge < -0.3 is 35.1 Å². The van der Waals surface area contributed by atoms with Crippen LogP contribution in [-0.4, -0.2) is 112 Å². The Labute approximate surface area is 373 Å². The van der Waals surface area contributed by atoms with Crippen LogP contribution in [0.4, 0.5) is 23.1 Å². The lowest BCUT2D eigenvalue weighted by Crippen LogP contribution is -2.54. The quantitative estimate of drug-likeness (QED) is 0.140. The van der Waals surface area contributed by atoms with Crippen LogP contribution in [0.2, 0.25) is 5.02 Å². The van der Waals surface area contributed by atoms with E-state index < -0.39 is 29.7 Å². The van der Waals surface area contributed by atoms with Crippen LogP contribution in [-0.2, 0) is 19.2 Å². The number of ether oxygens (including phenoxy) is 1. The fourth-order valence-corrected chi connectivity index (χ4v) is 9.39. The molecule has 0 radical (unpaired) electrons. The van der Waals surface area contributed by atoms with Crippen LogP contribution in [0.15, 0.2) is 53.5 Å². The van der Waals surface area contributed by atoms with Gasteiger partial charge in [0.15, 0.2) is 18.2 Å². The Morgan fingerprint density at radius 1 is 0.922 bits per heavy atom. The number of pyridine rings is 1. The highest BCUT2D eigenvalue weighted by Gasteiger charge is 2.45. The highest BCUT2D eigenvalue weighted by molar-refractivity contribution is 6.33. The zero-order valence-corrected chi connectivity index (χ0v) is 36.1. The maximum atomic E-state index is 13.7. The third-order valence-electron chi connectivity index (χ3n) is 12.9. The van der Waals surface area contributed by atoms with Gasteiger partial charge in [-0.15, -0.1) is 0 Å². The van der Waals surface area contributed by atoms with Gasteiger partial charge in [-0.25, -0.2) is 4.98 Å². The number of imide groups is 2. The topological polar surface area (TPSA) is 217 Å². The number of aromatic nitrogens is 3. The van der Waals surface area contributed by atoms with E-state index in [9.17, 15) is 33.6 Å². The van der Waals surface area contributed by atoms with E-state index >= 15 is 0 Å². The number of amides is 6. The number of carbonyl (C=O) groups excluding carboxylic acids is 6. The summed E-state index contributed by atoms with van der Waals surface area (Å²) in [7, 11) is 1.51. The first-order chi connectivity index (χ1) is 31.0. The molecule has 6 amide bonds. The number of nitrogens with zero attached hydrogens (tertiary/aromatic N) is 6. The molecule has 1 saturated carbocycles. The number of hydrogen-bond acceptors (Lipinski definition) is 13. The Bertz CT molecular complexity index is 2620. The van der Waals surface area contributed by atoms with Crippen LogP contribution in [0.1, 0.15) is 84.5 Å². The van der Waals surface area contributed by atoms with Crippen molar-refractivity contribution in [3.8, 4) is 5.75 Å². The summed E-state index contributed by atoms with van der Waals surface area (Å²) in [6, 6.07) is 11.4. The van der Waals surface area contributed by atoms with Gasteiger partial charge in [0.1, 0.15) is 11.1 Å². The molecule has 0 spiro atoms. The lowest BCUT2D eigenvalue weighted by molar-refractivity contribution is -0.138. The van der Waals surface area contributed by atoms with Gasteiger partial charge in [0.25, 0.3) is 23.3 Å². The minimum atomic E-state index is -1.02. The van der Waals surface area contributed by atoms with Gasteiger partial charge in [-0.1, -0.05) is 17.7 Å². The summed E-state index contributed by atoms with van der Waals surface area (Å²) < 4.78 is 7.37. The molecule has 19 heteroatoms. The number of rotatable bonds is 13. The standard InChI is InChI=1S/C45H49ClN10O8/c1-47-37(58)24-64-35-22-27-21-28(5-8-33(27)55(43(35)62)29-6-7-29)50-39-31(46)23-49-45(52-39)54-19-14-26(15-20-54)41(60)53-17-12-25(13-18-53)11-16-48-32-4-2-3-30-38(32)44(63)56(42(30)61)34-9-10-36(57)51-40(34)59/h2-5,8,21-23,25-26,29,34,48H,6-7,9-20,24H2,1H3,(H,47,58)(H,49,50,52)(H,51,57,59). The Morgan fingerprint density at radius 3 is 2.44 bits per heavy atom. The van der Waals surface area contributed by atoms with Crippen molar-refractivity contribution in [2.75, 3.05) is 61.9 Å².